The molecule has 3 heterocycles. The van der Waals surface area contributed by atoms with Gasteiger partial charge in [-0.1, -0.05) is 12.1 Å². The number of carboxylic acids is 1. The zero-order chi connectivity index (χ0) is 31.3. The molecule has 1 aromatic heterocycles. The Kier molecular flexibility index (Phi) is 9.33. The van der Waals surface area contributed by atoms with E-state index in [0.29, 0.717) is 37.4 Å². The normalized spacial score (nSPS) is 17.3. The van der Waals surface area contributed by atoms with E-state index in [9.17, 15) is 27.6 Å². The highest BCUT2D eigenvalue weighted by atomic mass is 19.4. The summed E-state index contributed by atoms with van der Waals surface area (Å²) >= 11 is 0. The van der Waals surface area contributed by atoms with Gasteiger partial charge in [0.15, 0.2) is 6.61 Å². The van der Waals surface area contributed by atoms with Gasteiger partial charge in [-0.2, -0.15) is 13.2 Å². The standard InChI is InChI=1S/C31H30F3N3O7/c32-31(33,34)22-3-1-2-19(14-22)16-37-17-24(15-36-29(40)21-9-12-42-13-10-21)44-25-8-11-35-28(27(25)30(37)41)20-4-6-23(7-5-20)43-18-26(38)39/h1-8,11,14,21,24H,9-10,12-13,15-18H2,(H,36,40)(H,38,39). The maximum absolute atomic E-state index is 14.1. The quantitative estimate of drug-likeness (QED) is 0.368. The van der Waals surface area contributed by atoms with Crippen molar-refractivity contribution in [2.24, 2.45) is 5.92 Å². The van der Waals surface area contributed by atoms with E-state index in [2.05, 4.69) is 10.3 Å². The largest absolute Gasteiger partial charge is 0.486 e. The number of nitrogens with one attached hydrogen (secondary N) is 1. The van der Waals surface area contributed by atoms with Crippen LogP contribution in [0.1, 0.15) is 34.3 Å². The molecule has 0 bridgehead atoms. The number of rotatable bonds is 9. The minimum Gasteiger partial charge on any atom is -0.486 e. The van der Waals surface area contributed by atoms with Crippen molar-refractivity contribution in [3.8, 4) is 22.8 Å². The molecule has 13 heteroatoms. The summed E-state index contributed by atoms with van der Waals surface area (Å²) in [6.07, 6.45) is -2.61. The van der Waals surface area contributed by atoms with Crippen LogP contribution in [0, 0.1) is 5.92 Å². The number of amides is 2. The van der Waals surface area contributed by atoms with Gasteiger partial charge in [-0.15, -0.1) is 0 Å². The number of nitrogens with zero attached hydrogens (tertiary/aromatic N) is 2. The first-order valence-corrected chi connectivity index (χ1v) is 14.0. The van der Waals surface area contributed by atoms with Crippen LogP contribution >= 0.6 is 0 Å². The van der Waals surface area contributed by atoms with Crippen LogP contribution in [-0.2, 0) is 27.0 Å². The van der Waals surface area contributed by atoms with Gasteiger partial charge < -0.3 is 29.5 Å². The maximum Gasteiger partial charge on any atom is 0.416 e. The zero-order valence-electron chi connectivity index (χ0n) is 23.5. The van der Waals surface area contributed by atoms with E-state index in [1.54, 1.807) is 12.1 Å². The second-order valence-electron chi connectivity index (χ2n) is 10.5. The number of fused-ring (bicyclic) bond motifs is 1. The number of carbonyl (C=O) groups is 3. The van der Waals surface area contributed by atoms with E-state index in [-0.39, 0.29) is 54.0 Å². The van der Waals surface area contributed by atoms with Crippen molar-refractivity contribution >= 4 is 17.8 Å². The summed E-state index contributed by atoms with van der Waals surface area (Å²) in [6, 6.07) is 12.6. The van der Waals surface area contributed by atoms with Crippen molar-refractivity contribution in [2.75, 3.05) is 32.9 Å². The number of carboxylic acid groups (broad SMARTS) is 1. The number of aromatic nitrogens is 1. The molecular formula is C31H30F3N3O7. The molecule has 1 atom stereocenters. The minimum atomic E-state index is -4.55. The molecule has 3 aromatic rings. The Bertz CT molecular complexity index is 1510. The van der Waals surface area contributed by atoms with Gasteiger partial charge in [0, 0.05) is 37.4 Å². The molecule has 2 aliphatic heterocycles. The topological polar surface area (TPSA) is 127 Å². The summed E-state index contributed by atoms with van der Waals surface area (Å²) in [5, 5.41) is 11.8. The third kappa shape index (κ3) is 7.46. The molecule has 2 N–H and O–H groups in total. The molecule has 0 spiro atoms. The summed E-state index contributed by atoms with van der Waals surface area (Å²) in [5.41, 5.74) is 0.315. The lowest BCUT2D eigenvalue weighted by atomic mass is 9.99. The molecule has 2 aromatic carbocycles. The van der Waals surface area contributed by atoms with E-state index in [4.69, 9.17) is 19.3 Å². The Morgan fingerprint density at radius 2 is 1.84 bits per heavy atom. The Hall–Kier alpha value is -4.65. The molecule has 5 rings (SSSR count). The summed E-state index contributed by atoms with van der Waals surface area (Å²) in [7, 11) is 0. The lowest BCUT2D eigenvalue weighted by molar-refractivity contribution is -0.139. The van der Waals surface area contributed by atoms with Crippen molar-refractivity contribution in [1.29, 1.82) is 0 Å². The Morgan fingerprint density at radius 3 is 2.55 bits per heavy atom. The van der Waals surface area contributed by atoms with E-state index in [1.807, 2.05) is 0 Å². The number of benzene rings is 2. The molecule has 0 radical (unpaired) electrons. The van der Waals surface area contributed by atoms with Gasteiger partial charge in [0.1, 0.15) is 23.2 Å². The maximum atomic E-state index is 14.1. The molecule has 2 aliphatic rings. The highest BCUT2D eigenvalue weighted by molar-refractivity contribution is 6.03. The van der Waals surface area contributed by atoms with Gasteiger partial charge >= 0.3 is 12.1 Å². The molecule has 10 nitrogen and oxygen atoms in total. The number of carbonyl (C=O) groups excluding carboxylic acids is 2. The van der Waals surface area contributed by atoms with Crippen LogP contribution in [-0.4, -0.2) is 71.8 Å². The third-order valence-corrected chi connectivity index (χ3v) is 7.35. The van der Waals surface area contributed by atoms with E-state index in [1.165, 1.54) is 41.4 Å². The van der Waals surface area contributed by atoms with Crippen molar-refractivity contribution in [2.45, 2.75) is 31.7 Å². The molecule has 1 fully saturated rings. The zero-order valence-corrected chi connectivity index (χ0v) is 23.5. The lowest BCUT2D eigenvalue weighted by Gasteiger charge is -2.26. The Balaban J connectivity index is 1.45. The molecule has 1 saturated heterocycles. The molecule has 232 valence electrons. The molecule has 0 aliphatic carbocycles. The predicted octanol–water partition coefficient (Wildman–Crippen LogP) is 4.18. The third-order valence-electron chi connectivity index (χ3n) is 7.35. The summed E-state index contributed by atoms with van der Waals surface area (Å²) in [6.45, 7) is 0.364. The fourth-order valence-corrected chi connectivity index (χ4v) is 5.15. The van der Waals surface area contributed by atoms with Gasteiger partial charge in [-0.3, -0.25) is 14.6 Å². The average Bonchev–Trinajstić information content (AvgIpc) is 3.15. The Labute approximate surface area is 250 Å². The van der Waals surface area contributed by atoms with Gasteiger partial charge in [-0.25, -0.2) is 4.79 Å². The van der Waals surface area contributed by atoms with Crippen LogP contribution < -0.4 is 14.8 Å². The van der Waals surface area contributed by atoms with Gasteiger partial charge in [0.2, 0.25) is 5.91 Å². The average molecular weight is 614 g/mol. The number of alkyl halides is 3. The first-order chi connectivity index (χ1) is 21.1. The van der Waals surface area contributed by atoms with Gasteiger partial charge in [0.05, 0.1) is 24.3 Å². The van der Waals surface area contributed by atoms with Crippen LogP contribution in [0.15, 0.2) is 60.8 Å². The van der Waals surface area contributed by atoms with Crippen LogP contribution in [0.2, 0.25) is 0 Å². The van der Waals surface area contributed by atoms with Crippen molar-refractivity contribution in [1.82, 2.24) is 15.2 Å². The fourth-order valence-electron chi connectivity index (χ4n) is 5.15. The first kappa shape index (κ1) is 30.8. The predicted molar refractivity (Wildman–Crippen MR) is 150 cm³/mol. The smallest absolute Gasteiger partial charge is 0.416 e. The van der Waals surface area contributed by atoms with Crippen LogP contribution in [0.25, 0.3) is 11.3 Å². The summed E-state index contributed by atoms with van der Waals surface area (Å²) < 4.78 is 57.1. The van der Waals surface area contributed by atoms with Crippen molar-refractivity contribution in [3.63, 3.8) is 0 Å². The number of pyridine rings is 1. The molecule has 44 heavy (non-hydrogen) atoms. The first-order valence-electron chi connectivity index (χ1n) is 14.0. The Morgan fingerprint density at radius 1 is 1.09 bits per heavy atom. The number of ether oxygens (including phenoxy) is 3. The van der Waals surface area contributed by atoms with E-state index in [0.717, 1.165) is 12.1 Å². The highest BCUT2D eigenvalue weighted by Gasteiger charge is 2.34. The molecular weight excluding hydrogens is 583 g/mol. The number of hydrogen-bond acceptors (Lipinski definition) is 7. The molecule has 2 amide bonds. The van der Waals surface area contributed by atoms with E-state index < -0.39 is 36.3 Å². The van der Waals surface area contributed by atoms with Crippen molar-refractivity contribution < 1.29 is 46.9 Å². The highest BCUT2D eigenvalue weighted by Crippen LogP contribution is 2.35. The fraction of sp³-hybridized carbons (Fsp3) is 0.355. The van der Waals surface area contributed by atoms with Gasteiger partial charge in [-0.05, 0) is 60.9 Å². The molecule has 1 unspecified atom stereocenters. The number of halogens is 3. The van der Waals surface area contributed by atoms with Gasteiger partial charge in [0.25, 0.3) is 5.91 Å². The SMILES string of the molecule is O=C(O)COc1ccc(-c2nccc3c2C(=O)N(Cc2cccc(C(F)(F)F)c2)CC(CNC(=O)C2CCOCC2)O3)cc1. The van der Waals surface area contributed by atoms with Crippen LogP contribution in [0.5, 0.6) is 11.5 Å². The molecule has 0 saturated carbocycles. The van der Waals surface area contributed by atoms with Crippen LogP contribution in [0.4, 0.5) is 13.2 Å². The summed E-state index contributed by atoms with van der Waals surface area (Å²) in [5.74, 6) is -1.49. The van der Waals surface area contributed by atoms with E-state index >= 15 is 0 Å². The van der Waals surface area contributed by atoms with Crippen LogP contribution in [0.3, 0.4) is 0 Å². The monoisotopic (exact) mass is 613 g/mol. The number of hydrogen-bond donors (Lipinski definition) is 2. The number of aliphatic carboxylic acids is 1. The van der Waals surface area contributed by atoms with Crippen molar-refractivity contribution in [3.05, 3.63) is 77.5 Å². The lowest BCUT2D eigenvalue weighted by Crippen LogP contribution is -2.45. The minimum absolute atomic E-state index is 0.0147. The second-order valence-corrected chi connectivity index (χ2v) is 10.5. The summed E-state index contributed by atoms with van der Waals surface area (Å²) in [4.78, 5) is 43.6. The second kappa shape index (κ2) is 13.3.